The van der Waals surface area contributed by atoms with Crippen LogP contribution in [0.5, 0.6) is 17.2 Å². The van der Waals surface area contributed by atoms with Gasteiger partial charge in [0.25, 0.3) is 11.8 Å². The van der Waals surface area contributed by atoms with Gasteiger partial charge in [0.1, 0.15) is 17.2 Å². The van der Waals surface area contributed by atoms with Crippen LogP contribution < -0.4 is 25.1 Å². The van der Waals surface area contributed by atoms with E-state index in [1.54, 1.807) is 12.1 Å². The summed E-state index contributed by atoms with van der Waals surface area (Å²) in [4.78, 5) is 24.2. The zero-order valence-electron chi connectivity index (χ0n) is 15.5. The summed E-state index contributed by atoms with van der Waals surface area (Å²) in [7, 11) is 2.98. The topological polar surface area (TPSA) is 85.9 Å². The van der Waals surface area contributed by atoms with Gasteiger partial charge in [0.15, 0.2) is 6.61 Å². The van der Waals surface area contributed by atoms with Crippen molar-refractivity contribution in [1.82, 2.24) is 10.9 Å². The molecule has 2 N–H and O–H groups in total. The molecule has 0 aliphatic carbocycles. The lowest BCUT2D eigenvalue weighted by molar-refractivity contribution is -0.123. The fourth-order valence-corrected chi connectivity index (χ4v) is 2.58. The number of fused-ring (bicyclic) bond motifs is 1. The Morgan fingerprint density at radius 3 is 2.14 bits per heavy atom. The molecule has 0 spiro atoms. The molecule has 0 radical (unpaired) electrons. The third-order valence-corrected chi connectivity index (χ3v) is 4.02. The Hall–Kier alpha value is -3.74. The Morgan fingerprint density at radius 1 is 0.786 bits per heavy atom. The van der Waals surface area contributed by atoms with Crippen molar-refractivity contribution in [1.29, 1.82) is 0 Å². The van der Waals surface area contributed by atoms with E-state index in [4.69, 9.17) is 14.2 Å². The summed E-state index contributed by atoms with van der Waals surface area (Å²) in [6.07, 6.45) is 0. The van der Waals surface area contributed by atoms with Crippen LogP contribution in [-0.4, -0.2) is 32.6 Å². The zero-order valence-corrected chi connectivity index (χ0v) is 15.5. The first kappa shape index (κ1) is 19.0. The molecule has 0 saturated carbocycles. The Labute approximate surface area is 162 Å². The second-order valence-corrected chi connectivity index (χ2v) is 5.90. The molecule has 7 nitrogen and oxygen atoms in total. The molecule has 7 heteroatoms. The molecule has 2 amide bonds. The van der Waals surface area contributed by atoms with Crippen LogP contribution in [0.2, 0.25) is 0 Å². The van der Waals surface area contributed by atoms with Gasteiger partial charge < -0.3 is 14.2 Å². The monoisotopic (exact) mass is 380 g/mol. The Balaban J connectivity index is 1.54. The summed E-state index contributed by atoms with van der Waals surface area (Å²) in [6.45, 7) is -0.236. The number of rotatable bonds is 6. The number of hydrazine groups is 1. The third kappa shape index (κ3) is 4.70. The van der Waals surface area contributed by atoms with Crippen molar-refractivity contribution in [3.63, 3.8) is 0 Å². The van der Waals surface area contributed by atoms with E-state index < -0.39 is 11.8 Å². The Kier molecular flexibility index (Phi) is 5.96. The van der Waals surface area contributed by atoms with Crippen molar-refractivity contribution >= 4 is 22.6 Å². The first-order valence-electron chi connectivity index (χ1n) is 8.53. The average molecular weight is 380 g/mol. The molecular formula is C21H20N2O5. The van der Waals surface area contributed by atoms with Crippen LogP contribution in [0.3, 0.4) is 0 Å². The number of hydrogen-bond donors (Lipinski definition) is 2. The lowest BCUT2D eigenvalue weighted by Crippen LogP contribution is -2.43. The molecule has 0 aliphatic heterocycles. The molecule has 0 bridgehead atoms. The summed E-state index contributed by atoms with van der Waals surface area (Å²) in [5.41, 5.74) is 4.94. The minimum Gasteiger partial charge on any atom is -0.497 e. The fourth-order valence-electron chi connectivity index (χ4n) is 2.58. The quantitative estimate of drug-likeness (QED) is 0.642. The largest absolute Gasteiger partial charge is 0.497 e. The maximum atomic E-state index is 12.2. The molecule has 0 atom stereocenters. The number of benzene rings is 3. The van der Waals surface area contributed by atoms with E-state index in [1.165, 1.54) is 26.4 Å². The van der Waals surface area contributed by atoms with E-state index in [0.717, 1.165) is 10.8 Å². The van der Waals surface area contributed by atoms with E-state index in [2.05, 4.69) is 10.9 Å². The molecule has 3 aromatic carbocycles. The van der Waals surface area contributed by atoms with Crippen molar-refractivity contribution in [3.05, 3.63) is 66.2 Å². The second-order valence-electron chi connectivity index (χ2n) is 5.90. The number of amides is 2. The number of carbonyl (C=O) groups excluding carboxylic acids is 2. The van der Waals surface area contributed by atoms with E-state index in [1.807, 2.05) is 36.4 Å². The third-order valence-electron chi connectivity index (χ3n) is 4.02. The molecule has 3 rings (SSSR count). The molecule has 0 heterocycles. The van der Waals surface area contributed by atoms with Gasteiger partial charge in [-0.1, -0.05) is 30.3 Å². The van der Waals surface area contributed by atoms with Crippen LogP contribution in [0.4, 0.5) is 0 Å². The fraction of sp³-hybridized carbons (Fsp3) is 0.143. The van der Waals surface area contributed by atoms with Gasteiger partial charge >= 0.3 is 0 Å². The van der Waals surface area contributed by atoms with Crippen LogP contribution in [0, 0.1) is 0 Å². The summed E-state index contributed by atoms with van der Waals surface area (Å²) in [5.74, 6) is 0.510. The van der Waals surface area contributed by atoms with E-state index in [-0.39, 0.29) is 12.2 Å². The molecule has 0 aliphatic rings. The summed E-state index contributed by atoms with van der Waals surface area (Å²) in [6, 6.07) is 18.1. The van der Waals surface area contributed by atoms with Gasteiger partial charge in [-0.15, -0.1) is 0 Å². The number of carbonyl (C=O) groups is 2. The van der Waals surface area contributed by atoms with Gasteiger partial charge in [0, 0.05) is 11.6 Å². The lowest BCUT2D eigenvalue weighted by Gasteiger charge is -2.11. The number of ether oxygens (including phenoxy) is 3. The molecule has 0 unspecified atom stereocenters. The highest BCUT2D eigenvalue weighted by molar-refractivity contribution is 5.96. The highest BCUT2D eigenvalue weighted by Crippen LogP contribution is 2.22. The highest BCUT2D eigenvalue weighted by Gasteiger charge is 2.11. The maximum absolute atomic E-state index is 12.2. The van der Waals surface area contributed by atoms with Crippen LogP contribution >= 0.6 is 0 Å². The Bertz CT molecular complexity index is 981. The first-order chi connectivity index (χ1) is 13.6. The van der Waals surface area contributed by atoms with Gasteiger partial charge in [0.2, 0.25) is 0 Å². The van der Waals surface area contributed by atoms with E-state index >= 15 is 0 Å². The van der Waals surface area contributed by atoms with Gasteiger partial charge in [-0.25, -0.2) is 0 Å². The van der Waals surface area contributed by atoms with Gasteiger partial charge in [0.05, 0.1) is 14.2 Å². The number of methoxy groups -OCH3 is 2. The SMILES string of the molecule is COc1cc(OC)cc(C(=O)NNC(=O)COc2ccc3ccccc3c2)c1. The second kappa shape index (κ2) is 8.77. The van der Waals surface area contributed by atoms with Crippen LogP contribution in [-0.2, 0) is 4.79 Å². The van der Waals surface area contributed by atoms with Crippen LogP contribution in [0.15, 0.2) is 60.7 Å². The van der Waals surface area contributed by atoms with Crippen LogP contribution in [0.25, 0.3) is 10.8 Å². The van der Waals surface area contributed by atoms with Crippen molar-refractivity contribution in [3.8, 4) is 17.2 Å². The van der Waals surface area contributed by atoms with E-state index in [9.17, 15) is 9.59 Å². The number of hydrogen-bond acceptors (Lipinski definition) is 5. The van der Waals surface area contributed by atoms with Crippen molar-refractivity contribution in [2.45, 2.75) is 0 Å². The predicted octanol–water partition coefficient (Wildman–Crippen LogP) is 2.70. The zero-order chi connectivity index (χ0) is 19.9. The Morgan fingerprint density at radius 2 is 1.46 bits per heavy atom. The van der Waals surface area contributed by atoms with Gasteiger partial charge in [-0.05, 0) is 35.0 Å². The smallest absolute Gasteiger partial charge is 0.276 e. The molecule has 144 valence electrons. The standard InChI is InChI=1S/C21H20N2O5/c1-26-18-10-16(11-19(12-18)27-2)21(25)23-22-20(24)13-28-17-8-7-14-5-3-4-6-15(14)9-17/h3-12H,13H2,1-2H3,(H,22,24)(H,23,25). The minimum absolute atomic E-state index is 0.236. The molecule has 0 aromatic heterocycles. The summed E-state index contributed by atoms with van der Waals surface area (Å²) < 4.78 is 15.7. The minimum atomic E-state index is -0.503. The van der Waals surface area contributed by atoms with Crippen molar-refractivity contribution in [2.24, 2.45) is 0 Å². The van der Waals surface area contributed by atoms with Gasteiger partial charge in [-0.3, -0.25) is 20.4 Å². The average Bonchev–Trinajstić information content (AvgIpc) is 2.75. The molecule has 0 saturated heterocycles. The first-order valence-corrected chi connectivity index (χ1v) is 8.53. The summed E-state index contributed by atoms with van der Waals surface area (Å²) in [5, 5.41) is 2.10. The van der Waals surface area contributed by atoms with Crippen molar-refractivity contribution < 1.29 is 23.8 Å². The summed E-state index contributed by atoms with van der Waals surface area (Å²) >= 11 is 0. The van der Waals surface area contributed by atoms with Crippen LogP contribution in [0.1, 0.15) is 10.4 Å². The van der Waals surface area contributed by atoms with Crippen molar-refractivity contribution in [2.75, 3.05) is 20.8 Å². The highest BCUT2D eigenvalue weighted by atomic mass is 16.5. The molecule has 28 heavy (non-hydrogen) atoms. The lowest BCUT2D eigenvalue weighted by atomic mass is 10.1. The van der Waals surface area contributed by atoms with E-state index in [0.29, 0.717) is 17.2 Å². The molecule has 3 aromatic rings. The predicted molar refractivity (Wildman–Crippen MR) is 105 cm³/mol. The molecular weight excluding hydrogens is 360 g/mol. The number of nitrogens with one attached hydrogen (secondary N) is 2. The maximum Gasteiger partial charge on any atom is 0.276 e. The molecule has 0 fully saturated rings. The normalized spacial score (nSPS) is 10.2. The van der Waals surface area contributed by atoms with Gasteiger partial charge in [-0.2, -0.15) is 0 Å².